The van der Waals surface area contributed by atoms with Gasteiger partial charge in [0.05, 0.1) is 0 Å². The predicted molar refractivity (Wildman–Crippen MR) is 58.7 cm³/mol. The maximum absolute atomic E-state index is 9.20. The van der Waals surface area contributed by atoms with Gasteiger partial charge in [0.1, 0.15) is 5.75 Å². The van der Waals surface area contributed by atoms with Gasteiger partial charge in [0.25, 0.3) is 0 Å². The highest BCUT2D eigenvalue weighted by molar-refractivity contribution is 7.09. The number of nitrogens with two attached hydrogens (primary N) is 1. The Morgan fingerprint density at radius 3 is 2.71 bits per heavy atom. The summed E-state index contributed by atoms with van der Waals surface area (Å²) in [6, 6.07) is 6.75. The van der Waals surface area contributed by atoms with E-state index in [0.717, 1.165) is 17.1 Å². The normalized spacial score (nSPS) is 9.43. The number of benzene rings is 1. The van der Waals surface area contributed by atoms with E-state index in [1.165, 1.54) is 0 Å². The van der Waals surface area contributed by atoms with Crippen molar-refractivity contribution in [2.24, 2.45) is 0 Å². The molecular formula is C8H8ClN3OS. The highest BCUT2D eigenvalue weighted by Crippen LogP contribution is 2.22. The van der Waals surface area contributed by atoms with Crippen LogP contribution in [0.25, 0.3) is 11.4 Å². The molecule has 0 bridgehead atoms. The zero-order valence-corrected chi connectivity index (χ0v) is 8.68. The van der Waals surface area contributed by atoms with Gasteiger partial charge in [0.2, 0.25) is 0 Å². The monoisotopic (exact) mass is 229 g/mol. The van der Waals surface area contributed by atoms with E-state index in [2.05, 4.69) is 9.36 Å². The van der Waals surface area contributed by atoms with Crippen LogP contribution in [0.5, 0.6) is 5.75 Å². The quantitative estimate of drug-likeness (QED) is 0.784. The first-order chi connectivity index (χ1) is 6.25. The van der Waals surface area contributed by atoms with E-state index in [1.807, 2.05) is 6.07 Å². The molecule has 74 valence electrons. The van der Waals surface area contributed by atoms with Crippen molar-refractivity contribution >= 4 is 29.1 Å². The summed E-state index contributed by atoms with van der Waals surface area (Å²) in [4.78, 5) is 4.00. The summed E-state index contributed by atoms with van der Waals surface area (Å²) in [6.45, 7) is 0. The molecule has 0 fully saturated rings. The molecule has 1 aromatic carbocycles. The van der Waals surface area contributed by atoms with Crippen molar-refractivity contribution in [2.45, 2.75) is 0 Å². The Balaban J connectivity index is 0.000000980. The Bertz CT molecular complexity index is 432. The first-order valence-electron chi connectivity index (χ1n) is 3.64. The Labute approximate surface area is 91.0 Å². The number of aromatic hydroxyl groups is 1. The predicted octanol–water partition coefficient (Wildman–Crippen LogP) is 1.91. The minimum absolute atomic E-state index is 0. The van der Waals surface area contributed by atoms with Crippen molar-refractivity contribution < 1.29 is 5.11 Å². The van der Waals surface area contributed by atoms with Crippen LogP contribution in [0.2, 0.25) is 0 Å². The van der Waals surface area contributed by atoms with Gasteiger partial charge in [0, 0.05) is 17.1 Å². The number of halogens is 1. The zero-order valence-electron chi connectivity index (χ0n) is 7.04. The van der Waals surface area contributed by atoms with Crippen molar-refractivity contribution in [1.82, 2.24) is 9.36 Å². The third kappa shape index (κ3) is 2.12. The molecule has 4 nitrogen and oxygen atoms in total. The molecule has 6 heteroatoms. The first kappa shape index (κ1) is 10.7. The van der Waals surface area contributed by atoms with E-state index in [4.69, 9.17) is 5.73 Å². The lowest BCUT2D eigenvalue weighted by Crippen LogP contribution is -1.83. The van der Waals surface area contributed by atoms with Gasteiger partial charge in [0.15, 0.2) is 11.0 Å². The largest absolute Gasteiger partial charge is 0.508 e. The van der Waals surface area contributed by atoms with E-state index in [9.17, 15) is 5.11 Å². The van der Waals surface area contributed by atoms with Gasteiger partial charge < -0.3 is 10.8 Å². The summed E-state index contributed by atoms with van der Waals surface area (Å²) < 4.78 is 4.02. The fourth-order valence-corrected chi connectivity index (χ4v) is 1.45. The van der Waals surface area contributed by atoms with Crippen LogP contribution in [0.1, 0.15) is 0 Å². The molecule has 1 heterocycles. The van der Waals surface area contributed by atoms with Crippen molar-refractivity contribution in [3.8, 4) is 17.1 Å². The van der Waals surface area contributed by atoms with Gasteiger partial charge >= 0.3 is 0 Å². The molecule has 2 aromatic rings. The number of hydrogen-bond acceptors (Lipinski definition) is 5. The zero-order chi connectivity index (χ0) is 9.26. The molecule has 2 rings (SSSR count). The standard InChI is InChI=1S/C8H7N3OS.ClH/c9-8-10-7(11-13-8)5-2-1-3-6(12)4-5;/h1-4,12H,(H2,9,10,11);1H. The van der Waals surface area contributed by atoms with Crippen LogP contribution in [-0.2, 0) is 0 Å². The number of rotatable bonds is 1. The first-order valence-corrected chi connectivity index (χ1v) is 4.41. The SMILES string of the molecule is Cl.Nc1nc(-c2cccc(O)c2)ns1. The summed E-state index contributed by atoms with van der Waals surface area (Å²) in [7, 11) is 0. The molecule has 0 aliphatic rings. The number of phenolic OH excluding ortho intramolecular Hbond substituents is 1. The maximum atomic E-state index is 9.20. The summed E-state index contributed by atoms with van der Waals surface area (Å²) in [5.74, 6) is 0.754. The molecule has 14 heavy (non-hydrogen) atoms. The van der Waals surface area contributed by atoms with Gasteiger partial charge in [-0.2, -0.15) is 9.36 Å². The van der Waals surface area contributed by atoms with Crippen molar-refractivity contribution in [1.29, 1.82) is 0 Å². The van der Waals surface area contributed by atoms with E-state index in [0.29, 0.717) is 11.0 Å². The van der Waals surface area contributed by atoms with Crippen LogP contribution in [0.3, 0.4) is 0 Å². The molecule has 0 atom stereocenters. The van der Waals surface area contributed by atoms with Crippen molar-refractivity contribution in [2.75, 3.05) is 5.73 Å². The third-order valence-electron chi connectivity index (χ3n) is 1.55. The molecule has 0 saturated carbocycles. The molecule has 0 radical (unpaired) electrons. The lowest BCUT2D eigenvalue weighted by molar-refractivity contribution is 0.475. The van der Waals surface area contributed by atoms with Crippen LogP contribution in [0, 0.1) is 0 Å². The average molecular weight is 230 g/mol. The van der Waals surface area contributed by atoms with Crippen LogP contribution in [-0.4, -0.2) is 14.5 Å². The summed E-state index contributed by atoms with van der Waals surface area (Å²) >= 11 is 1.14. The number of anilines is 1. The minimum Gasteiger partial charge on any atom is -0.508 e. The maximum Gasteiger partial charge on any atom is 0.200 e. The second-order valence-electron chi connectivity index (χ2n) is 2.51. The lowest BCUT2D eigenvalue weighted by atomic mass is 10.2. The van der Waals surface area contributed by atoms with E-state index in [-0.39, 0.29) is 18.2 Å². The molecule has 0 unspecified atom stereocenters. The highest BCUT2D eigenvalue weighted by atomic mass is 35.5. The van der Waals surface area contributed by atoms with E-state index in [1.54, 1.807) is 18.2 Å². The van der Waals surface area contributed by atoms with Crippen LogP contribution in [0.15, 0.2) is 24.3 Å². The molecule has 0 amide bonds. The second-order valence-corrected chi connectivity index (χ2v) is 3.29. The van der Waals surface area contributed by atoms with Crippen LogP contribution in [0.4, 0.5) is 5.13 Å². The molecule has 0 aliphatic carbocycles. The van der Waals surface area contributed by atoms with Gasteiger partial charge in [-0.3, -0.25) is 0 Å². The number of nitrogens with zero attached hydrogens (tertiary/aromatic N) is 2. The molecular weight excluding hydrogens is 222 g/mol. The van der Waals surface area contributed by atoms with Gasteiger partial charge in [-0.15, -0.1) is 12.4 Å². The lowest BCUT2D eigenvalue weighted by Gasteiger charge is -1.94. The summed E-state index contributed by atoms with van der Waals surface area (Å²) in [5, 5.41) is 9.63. The van der Waals surface area contributed by atoms with Gasteiger partial charge in [-0.1, -0.05) is 12.1 Å². The second kappa shape index (κ2) is 4.26. The molecule has 1 aromatic heterocycles. The number of phenols is 1. The Kier molecular flexibility index (Phi) is 3.27. The molecule has 0 spiro atoms. The third-order valence-corrected chi connectivity index (χ3v) is 2.09. The minimum atomic E-state index is 0. The van der Waals surface area contributed by atoms with Crippen LogP contribution < -0.4 is 5.73 Å². The Morgan fingerprint density at radius 2 is 2.14 bits per heavy atom. The van der Waals surface area contributed by atoms with Crippen molar-refractivity contribution in [3.63, 3.8) is 0 Å². The smallest absolute Gasteiger partial charge is 0.200 e. The molecule has 3 N–H and O–H groups in total. The van der Waals surface area contributed by atoms with Gasteiger partial charge in [-0.05, 0) is 12.1 Å². The number of nitrogen functional groups attached to an aromatic ring is 1. The Morgan fingerprint density at radius 1 is 1.36 bits per heavy atom. The molecule has 0 aliphatic heterocycles. The van der Waals surface area contributed by atoms with Crippen LogP contribution >= 0.6 is 23.9 Å². The fourth-order valence-electron chi connectivity index (χ4n) is 0.997. The fraction of sp³-hybridized carbons (Fsp3) is 0. The van der Waals surface area contributed by atoms with E-state index < -0.39 is 0 Å². The molecule has 0 saturated heterocycles. The van der Waals surface area contributed by atoms with Crippen molar-refractivity contribution in [3.05, 3.63) is 24.3 Å². The summed E-state index contributed by atoms with van der Waals surface area (Å²) in [6.07, 6.45) is 0. The van der Waals surface area contributed by atoms with E-state index >= 15 is 0 Å². The Hall–Kier alpha value is -1.33. The topological polar surface area (TPSA) is 72.0 Å². The highest BCUT2D eigenvalue weighted by Gasteiger charge is 2.04. The number of hydrogen-bond donors (Lipinski definition) is 2. The summed E-state index contributed by atoms with van der Waals surface area (Å²) in [5.41, 5.74) is 6.21. The van der Waals surface area contributed by atoms with Gasteiger partial charge in [-0.25, -0.2) is 0 Å². The average Bonchev–Trinajstić information content (AvgIpc) is 2.52. The number of aromatic nitrogens is 2.